The maximum absolute atomic E-state index is 6.40. The van der Waals surface area contributed by atoms with Crippen LogP contribution in [-0.2, 0) is 6.54 Å². The van der Waals surface area contributed by atoms with Crippen molar-refractivity contribution in [2.24, 2.45) is 0 Å². The van der Waals surface area contributed by atoms with Crippen LogP contribution in [0.1, 0.15) is 49.3 Å². The summed E-state index contributed by atoms with van der Waals surface area (Å²) in [6, 6.07) is 18.8. The molecular formula is C23H30N+. The monoisotopic (exact) mass is 320 g/mol. The zero-order chi connectivity index (χ0) is 17.6. The van der Waals surface area contributed by atoms with E-state index in [1.807, 2.05) is 30.3 Å². The Bertz CT molecular complexity index is 587. The third-order valence-electron chi connectivity index (χ3n) is 5.47. The fourth-order valence-electron chi connectivity index (χ4n) is 3.33. The molecular weight excluding hydrogens is 290 g/mol. The first-order valence-corrected chi connectivity index (χ1v) is 9.05. The standard InChI is InChI=1S/C23H30N/c1-6-24(7-2,8-3)18-21-14-16-23(17-15-21)20(5)19(4)22-12-10-9-11-13-22/h4-5,9-17,19-20H,6-8,18H2,1-3H3/q+1. The predicted molar refractivity (Wildman–Crippen MR) is 103 cm³/mol. The molecule has 2 rings (SSSR count). The van der Waals surface area contributed by atoms with E-state index in [-0.39, 0.29) is 11.8 Å². The van der Waals surface area contributed by atoms with Gasteiger partial charge in [0.25, 0.3) is 0 Å². The minimum Gasteiger partial charge on any atom is -0.321 e. The smallest absolute Gasteiger partial charge is 0.104 e. The van der Waals surface area contributed by atoms with Crippen LogP contribution >= 0.6 is 0 Å². The Hall–Kier alpha value is -1.60. The maximum Gasteiger partial charge on any atom is 0.104 e. The molecule has 2 aromatic rings. The molecule has 0 fully saturated rings. The molecule has 1 nitrogen and oxygen atoms in total. The summed E-state index contributed by atoms with van der Waals surface area (Å²) in [4.78, 5) is 0. The van der Waals surface area contributed by atoms with E-state index >= 15 is 0 Å². The molecule has 4 radical (unpaired) electrons. The van der Waals surface area contributed by atoms with Crippen LogP contribution < -0.4 is 0 Å². The summed E-state index contributed by atoms with van der Waals surface area (Å²) >= 11 is 0. The molecule has 0 bridgehead atoms. The number of hydrogen-bond acceptors (Lipinski definition) is 0. The molecule has 0 saturated heterocycles. The van der Waals surface area contributed by atoms with Crippen LogP contribution in [-0.4, -0.2) is 24.1 Å². The summed E-state index contributed by atoms with van der Waals surface area (Å²) < 4.78 is 1.12. The third kappa shape index (κ3) is 4.27. The molecule has 0 saturated carbocycles. The van der Waals surface area contributed by atoms with Gasteiger partial charge in [-0.25, -0.2) is 0 Å². The minimum atomic E-state index is -0.191. The fourth-order valence-corrected chi connectivity index (χ4v) is 3.33. The van der Waals surface area contributed by atoms with Gasteiger partial charge in [0.2, 0.25) is 0 Å². The van der Waals surface area contributed by atoms with Gasteiger partial charge in [0.05, 0.1) is 19.6 Å². The van der Waals surface area contributed by atoms with E-state index in [9.17, 15) is 0 Å². The summed E-state index contributed by atoms with van der Waals surface area (Å²) in [6.07, 6.45) is 0. The number of nitrogens with zero attached hydrogens (tertiary/aromatic N) is 1. The summed E-state index contributed by atoms with van der Waals surface area (Å²) in [7, 11) is 0. The SMILES string of the molecule is [CH]C(c1ccccc1)C([CH])c1ccc(C[N+](CC)(CC)CC)cc1. The van der Waals surface area contributed by atoms with E-state index in [0.29, 0.717) is 0 Å². The zero-order valence-electron chi connectivity index (χ0n) is 15.3. The highest BCUT2D eigenvalue weighted by atomic mass is 15.3. The second-order valence-corrected chi connectivity index (χ2v) is 6.65. The number of rotatable bonds is 8. The van der Waals surface area contributed by atoms with Gasteiger partial charge in [-0.05, 0) is 57.6 Å². The van der Waals surface area contributed by atoms with E-state index in [1.165, 1.54) is 5.56 Å². The van der Waals surface area contributed by atoms with Crippen LogP contribution in [0, 0.1) is 13.8 Å². The van der Waals surface area contributed by atoms with Gasteiger partial charge in [0.1, 0.15) is 6.54 Å². The average Bonchev–Trinajstić information content (AvgIpc) is 2.66. The second-order valence-electron chi connectivity index (χ2n) is 6.65. The molecule has 0 aliphatic rings. The highest BCUT2D eigenvalue weighted by molar-refractivity contribution is 5.32. The molecule has 0 amide bonds. The first-order chi connectivity index (χ1) is 11.5. The minimum absolute atomic E-state index is 0.186. The zero-order valence-corrected chi connectivity index (χ0v) is 15.3. The lowest BCUT2D eigenvalue weighted by molar-refractivity contribution is -0.936. The van der Waals surface area contributed by atoms with E-state index in [0.717, 1.165) is 41.8 Å². The lowest BCUT2D eigenvalue weighted by atomic mass is 9.84. The Morgan fingerprint density at radius 2 is 1.17 bits per heavy atom. The van der Waals surface area contributed by atoms with Crippen molar-refractivity contribution in [3.8, 4) is 0 Å². The lowest BCUT2D eigenvalue weighted by Crippen LogP contribution is -2.46. The topological polar surface area (TPSA) is 0 Å². The van der Waals surface area contributed by atoms with Crippen LogP contribution in [0.4, 0.5) is 0 Å². The molecule has 0 spiro atoms. The van der Waals surface area contributed by atoms with Crippen LogP contribution in [0.2, 0.25) is 0 Å². The van der Waals surface area contributed by atoms with Gasteiger partial charge in [0.15, 0.2) is 0 Å². The van der Waals surface area contributed by atoms with Gasteiger partial charge in [-0.2, -0.15) is 0 Å². The molecule has 0 aromatic heterocycles. The van der Waals surface area contributed by atoms with Crippen molar-refractivity contribution in [2.45, 2.75) is 39.2 Å². The van der Waals surface area contributed by atoms with Crippen LogP contribution in [0.25, 0.3) is 0 Å². The molecule has 0 aliphatic heterocycles. The summed E-state index contributed by atoms with van der Waals surface area (Å²) in [5.41, 5.74) is 3.54. The lowest BCUT2D eigenvalue weighted by Gasteiger charge is -2.36. The van der Waals surface area contributed by atoms with Gasteiger partial charge in [-0.3, -0.25) is 0 Å². The third-order valence-corrected chi connectivity index (χ3v) is 5.47. The van der Waals surface area contributed by atoms with E-state index in [4.69, 9.17) is 13.8 Å². The van der Waals surface area contributed by atoms with Crippen LogP contribution in [0.15, 0.2) is 54.6 Å². The molecule has 0 heterocycles. The normalized spacial score (nSPS) is 14.4. The predicted octanol–water partition coefficient (Wildman–Crippen LogP) is 5.35. The Morgan fingerprint density at radius 3 is 1.62 bits per heavy atom. The quantitative estimate of drug-likeness (QED) is 0.575. The van der Waals surface area contributed by atoms with Crippen molar-refractivity contribution in [1.29, 1.82) is 0 Å². The van der Waals surface area contributed by atoms with Crippen molar-refractivity contribution in [1.82, 2.24) is 0 Å². The molecule has 126 valence electrons. The first-order valence-electron chi connectivity index (χ1n) is 9.05. The molecule has 0 N–H and O–H groups in total. The van der Waals surface area contributed by atoms with Crippen molar-refractivity contribution in [2.75, 3.05) is 19.6 Å². The van der Waals surface area contributed by atoms with Gasteiger partial charge in [-0.15, -0.1) is 0 Å². The molecule has 2 unspecified atom stereocenters. The highest BCUT2D eigenvalue weighted by Gasteiger charge is 2.22. The van der Waals surface area contributed by atoms with Gasteiger partial charge in [0, 0.05) is 5.56 Å². The van der Waals surface area contributed by atoms with Crippen molar-refractivity contribution < 1.29 is 4.48 Å². The van der Waals surface area contributed by atoms with E-state index < -0.39 is 0 Å². The largest absolute Gasteiger partial charge is 0.321 e. The van der Waals surface area contributed by atoms with E-state index in [2.05, 4.69) is 45.0 Å². The number of benzene rings is 2. The van der Waals surface area contributed by atoms with Crippen molar-refractivity contribution >= 4 is 0 Å². The van der Waals surface area contributed by atoms with Gasteiger partial charge < -0.3 is 4.48 Å². The molecule has 24 heavy (non-hydrogen) atoms. The Morgan fingerprint density at radius 1 is 0.708 bits per heavy atom. The van der Waals surface area contributed by atoms with Crippen LogP contribution in [0.5, 0.6) is 0 Å². The summed E-state index contributed by atoms with van der Waals surface area (Å²) in [5, 5.41) is 0. The summed E-state index contributed by atoms with van der Waals surface area (Å²) in [5.74, 6) is -0.377. The molecule has 2 aromatic carbocycles. The van der Waals surface area contributed by atoms with E-state index in [1.54, 1.807) is 0 Å². The van der Waals surface area contributed by atoms with Crippen molar-refractivity contribution in [3.05, 3.63) is 85.1 Å². The van der Waals surface area contributed by atoms with Crippen LogP contribution in [0.3, 0.4) is 0 Å². The number of quaternary nitrogens is 1. The second kappa shape index (κ2) is 8.48. The number of hydrogen-bond donors (Lipinski definition) is 0. The fraction of sp³-hybridized carbons (Fsp3) is 0.391. The average molecular weight is 320 g/mol. The highest BCUT2D eigenvalue weighted by Crippen LogP contribution is 2.31. The Labute approximate surface area is 148 Å². The molecule has 2 atom stereocenters. The molecule has 1 heteroatoms. The van der Waals surface area contributed by atoms with Gasteiger partial charge >= 0.3 is 0 Å². The molecule has 0 aliphatic carbocycles. The first kappa shape index (κ1) is 18.7. The van der Waals surface area contributed by atoms with Crippen molar-refractivity contribution in [3.63, 3.8) is 0 Å². The van der Waals surface area contributed by atoms with Gasteiger partial charge in [-0.1, -0.05) is 54.6 Å². The Kier molecular flexibility index (Phi) is 6.62. The Balaban J connectivity index is 2.11. The maximum atomic E-state index is 6.40. The summed E-state index contributed by atoms with van der Waals surface area (Å²) in [6.45, 7) is 24.1.